The highest BCUT2D eigenvalue weighted by atomic mass is 31.2. The summed E-state index contributed by atoms with van der Waals surface area (Å²) in [4.78, 5) is 40.0. The number of carbonyl (C=O) groups is 2. The van der Waals surface area contributed by atoms with Crippen molar-refractivity contribution in [3.8, 4) is 0 Å². The molecule has 0 aromatic rings. The smallest absolute Gasteiger partial charge is 0.306 e. The Hall–Kier alpha value is -3.33. The molecule has 0 bridgehead atoms. The van der Waals surface area contributed by atoms with Gasteiger partial charge in [-0.05, 0) is 109 Å². The first-order valence-electron chi connectivity index (χ1n) is 33.2. The van der Waals surface area contributed by atoms with Crippen molar-refractivity contribution >= 4 is 19.7 Å². The minimum absolute atomic E-state index is 0.0356. The number of ether oxygens (including phenoxy) is 1. The third-order valence-corrected chi connectivity index (χ3v) is 15.2. The Labute approximate surface area is 500 Å². The molecule has 3 unspecified atom stereocenters. The summed E-state index contributed by atoms with van der Waals surface area (Å²) in [5.41, 5.74) is 0. The molecule has 0 saturated heterocycles. The van der Waals surface area contributed by atoms with Gasteiger partial charge in [-0.3, -0.25) is 14.2 Å². The Morgan fingerprint density at radius 2 is 0.802 bits per heavy atom. The van der Waals surface area contributed by atoms with Crippen molar-refractivity contribution in [3.05, 3.63) is 109 Å². The number of nitrogens with zero attached hydrogens (tertiary/aromatic N) is 1. The first kappa shape index (κ1) is 77.7. The number of likely N-dealkylation sites (N-methyl/N-ethyl adjacent to an activating group) is 1. The van der Waals surface area contributed by atoms with Gasteiger partial charge in [0.2, 0.25) is 5.91 Å². The van der Waals surface area contributed by atoms with Crippen LogP contribution in [0.5, 0.6) is 0 Å². The standard InChI is InChI=1S/C71H125N2O7P/c1-7-10-13-16-19-22-25-27-29-31-32-33-34-35-36-37-38-39-40-42-43-45-48-51-54-57-60-63-70(74)72-68(67-79-81(76,77)78-66-65-73(4,5)6)69(62-59-56-53-50-47-24-21-18-15-12-9-3)80-71(75)64-61-58-55-52-49-46-44-41-30-28-26-23-20-17-14-11-8-2/h11,14,19-20,22-23,27-30,32-33,44,46,52,55,59,62,68-69H,7-10,12-13,15-18,21,24-26,31,34-43,45,47-51,53-54,56-58,60-61,63-67H2,1-6H3,(H-,72,74,76,77)/b14-11-,22-19-,23-20-,29-27-,30-28-,33-32-,46-44-,55-52-,62-59-. The van der Waals surface area contributed by atoms with Gasteiger partial charge in [0.05, 0.1) is 33.8 Å². The number of hydrogen-bond donors (Lipinski definition) is 1. The van der Waals surface area contributed by atoms with Crippen molar-refractivity contribution in [1.29, 1.82) is 0 Å². The lowest BCUT2D eigenvalue weighted by Crippen LogP contribution is -2.47. The van der Waals surface area contributed by atoms with Gasteiger partial charge in [0.15, 0.2) is 0 Å². The fraction of sp³-hybridized carbons (Fsp3) is 0.718. The van der Waals surface area contributed by atoms with Crippen LogP contribution >= 0.6 is 7.82 Å². The average molecular weight is 1150 g/mol. The number of allylic oxidation sites excluding steroid dienone is 17. The molecule has 1 amide bonds. The lowest BCUT2D eigenvalue weighted by atomic mass is 10.0. The van der Waals surface area contributed by atoms with E-state index in [-0.39, 0.29) is 18.9 Å². The number of rotatable bonds is 59. The Kier molecular flexibility index (Phi) is 57.4. The van der Waals surface area contributed by atoms with Crippen LogP contribution in [0.2, 0.25) is 0 Å². The molecule has 3 atom stereocenters. The van der Waals surface area contributed by atoms with Crippen LogP contribution in [-0.2, 0) is 27.9 Å². The number of esters is 1. The van der Waals surface area contributed by atoms with E-state index in [0.717, 1.165) is 96.3 Å². The summed E-state index contributed by atoms with van der Waals surface area (Å²) >= 11 is 0. The molecule has 0 aromatic carbocycles. The number of unbranched alkanes of at least 4 members (excludes halogenated alkanes) is 27. The molecule has 0 aliphatic rings. The van der Waals surface area contributed by atoms with E-state index in [1.54, 1.807) is 0 Å². The van der Waals surface area contributed by atoms with E-state index in [1.807, 2.05) is 33.3 Å². The Morgan fingerprint density at radius 3 is 1.23 bits per heavy atom. The van der Waals surface area contributed by atoms with E-state index < -0.39 is 32.5 Å². The monoisotopic (exact) mass is 1150 g/mol. The number of nitrogens with one attached hydrogen (secondary N) is 1. The predicted molar refractivity (Wildman–Crippen MR) is 348 cm³/mol. The largest absolute Gasteiger partial charge is 0.756 e. The van der Waals surface area contributed by atoms with E-state index in [0.29, 0.717) is 23.9 Å². The van der Waals surface area contributed by atoms with Gasteiger partial charge >= 0.3 is 5.97 Å². The average Bonchev–Trinajstić information content (AvgIpc) is 3.43. The van der Waals surface area contributed by atoms with Gasteiger partial charge in [0, 0.05) is 12.8 Å². The zero-order valence-corrected chi connectivity index (χ0v) is 54.1. The molecule has 9 nitrogen and oxygen atoms in total. The number of hydrogen-bond acceptors (Lipinski definition) is 7. The maximum absolute atomic E-state index is 13.6. The summed E-state index contributed by atoms with van der Waals surface area (Å²) in [6.07, 6.45) is 82.2. The molecule has 0 aromatic heterocycles. The van der Waals surface area contributed by atoms with Crippen molar-refractivity contribution < 1.29 is 37.3 Å². The molecule has 0 spiro atoms. The second kappa shape index (κ2) is 59.8. The summed E-state index contributed by atoms with van der Waals surface area (Å²) in [6.45, 7) is 6.66. The number of phosphoric acid groups is 1. The van der Waals surface area contributed by atoms with Crippen LogP contribution in [0, 0.1) is 0 Å². The van der Waals surface area contributed by atoms with Gasteiger partial charge < -0.3 is 28.5 Å². The van der Waals surface area contributed by atoms with E-state index in [9.17, 15) is 19.0 Å². The van der Waals surface area contributed by atoms with Gasteiger partial charge in [0.25, 0.3) is 7.82 Å². The van der Waals surface area contributed by atoms with E-state index in [1.165, 1.54) is 141 Å². The molecule has 0 rings (SSSR count). The summed E-state index contributed by atoms with van der Waals surface area (Å²) in [5.74, 6) is -0.612. The van der Waals surface area contributed by atoms with Crippen LogP contribution in [0.15, 0.2) is 109 Å². The lowest BCUT2D eigenvalue weighted by Gasteiger charge is -2.30. The van der Waals surface area contributed by atoms with Crippen molar-refractivity contribution in [2.45, 2.75) is 290 Å². The van der Waals surface area contributed by atoms with Crippen LogP contribution in [-0.4, -0.2) is 69.4 Å². The van der Waals surface area contributed by atoms with E-state index in [4.69, 9.17) is 13.8 Å². The highest BCUT2D eigenvalue weighted by Crippen LogP contribution is 2.38. The first-order valence-corrected chi connectivity index (χ1v) is 34.7. The normalized spacial score (nSPS) is 14.3. The number of carbonyl (C=O) groups excluding carboxylic acids is 2. The van der Waals surface area contributed by atoms with Crippen molar-refractivity contribution in [2.24, 2.45) is 0 Å². The number of quaternary nitrogens is 1. The Morgan fingerprint density at radius 1 is 0.444 bits per heavy atom. The van der Waals surface area contributed by atoms with Gasteiger partial charge in [-0.2, -0.15) is 0 Å². The molecule has 1 N–H and O–H groups in total. The first-order chi connectivity index (χ1) is 39.4. The van der Waals surface area contributed by atoms with Gasteiger partial charge in [0.1, 0.15) is 19.3 Å². The predicted octanol–water partition coefficient (Wildman–Crippen LogP) is 20.3. The Bertz CT molecular complexity index is 1750. The molecule has 0 saturated carbocycles. The van der Waals surface area contributed by atoms with E-state index >= 15 is 0 Å². The van der Waals surface area contributed by atoms with Crippen molar-refractivity contribution in [3.63, 3.8) is 0 Å². The quantitative estimate of drug-likeness (QED) is 0.0212. The lowest BCUT2D eigenvalue weighted by molar-refractivity contribution is -0.870. The third-order valence-electron chi connectivity index (χ3n) is 14.2. The highest BCUT2D eigenvalue weighted by molar-refractivity contribution is 7.45. The zero-order valence-electron chi connectivity index (χ0n) is 53.2. The minimum atomic E-state index is -4.72. The maximum atomic E-state index is 13.6. The van der Waals surface area contributed by atoms with Gasteiger partial charge in [-0.1, -0.05) is 265 Å². The SMILES string of the molecule is CC/C=C\C/C=C\C/C=C\C/C=C\C/C=C\CCCC(=O)OC(/C=C\CCCCCCCCCCC)C(COP(=O)([O-])OCC[N+](C)(C)C)NC(=O)CCCCCCCCCCCCCCCC/C=C\C/C=C\C/C=C\CCCCC. The van der Waals surface area contributed by atoms with Crippen LogP contribution in [0.1, 0.15) is 278 Å². The highest BCUT2D eigenvalue weighted by Gasteiger charge is 2.27. The van der Waals surface area contributed by atoms with Gasteiger partial charge in [-0.25, -0.2) is 0 Å². The van der Waals surface area contributed by atoms with Crippen LogP contribution < -0.4 is 10.2 Å². The Balaban J connectivity index is 5.10. The topological polar surface area (TPSA) is 114 Å². The molecule has 81 heavy (non-hydrogen) atoms. The third kappa shape index (κ3) is 61.1. The zero-order chi connectivity index (χ0) is 59.3. The maximum Gasteiger partial charge on any atom is 0.306 e. The second-order valence-corrected chi connectivity index (χ2v) is 24.6. The van der Waals surface area contributed by atoms with Crippen LogP contribution in [0.3, 0.4) is 0 Å². The molecule has 0 radical (unpaired) electrons. The molecule has 10 heteroatoms. The second-order valence-electron chi connectivity index (χ2n) is 23.2. The molecule has 0 aliphatic heterocycles. The molecule has 0 aliphatic carbocycles. The summed E-state index contributed by atoms with van der Waals surface area (Å²) in [6, 6.07) is -0.918. The molecular weight excluding hydrogens is 1020 g/mol. The molecule has 0 fully saturated rings. The minimum Gasteiger partial charge on any atom is -0.756 e. The van der Waals surface area contributed by atoms with Crippen LogP contribution in [0.4, 0.5) is 0 Å². The van der Waals surface area contributed by atoms with Gasteiger partial charge in [-0.15, -0.1) is 0 Å². The summed E-state index contributed by atoms with van der Waals surface area (Å²) in [5, 5.41) is 3.02. The summed E-state index contributed by atoms with van der Waals surface area (Å²) < 4.78 is 30.3. The molecular formula is C71H125N2O7P. The number of amides is 1. The molecule has 466 valence electrons. The van der Waals surface area contributed by atoms with Crippen molar-refractivity contribution in [2.75, 3.05) is 40.9 Å². The summed E-state index contributed by atoms with van der Waals surface area (Å²) in [7, 11) is 1.14. The molecule has 0 heterocycles. The number of phosphoric ester groups is 1. The fourth-order valence-electron chi connectivity index (χ4n) is 9.09. The van der Waals surface area contributed by atoms with E-state index in [2.05, 4.69) is 123 Å². The fourth-order valence-corrected chi connectivity index (χ4v) is 9.82. The van der Waals surface area contributed by atoms with Crippen molar-refractivity contribution in [1.82, 2.24) is 5.32 Å². The van der Waals surface area contributed by atoms with Crippen LogP contribution in [0.25, 0.3) is 0 Å².